The van der Waals surface area contributed by atoms with Gasteiger partial charge in [-0.25, -0.2) is 4.39 Å². The summed E-state index contributed by atoms with van der Waals surface area (Å²) in [7, 11) is 0. The predicted molar refractivity (Wildman–Crippen MR) is 60.5 cm³/mol. The maximum Gasteiger partial charge on any atom is 0.118 e. The third-order valence-corrected chi connectivity index (χ3v) is 3.37. The molecule has 1 unspecified atom stereocenters. The van der Waals surface area contributed by atoms with Gasteiger partial charge in [0.15, 0.2) is 0 Å². The molecule has 0 amide bonds. The lowest BCUT2D eigenvalue weighted by atomic mass is 9.99. The van der Waals surface area contributed by atoms with E-state index in [1.165, 1.54) is 0 Å². The van der Waals surface area contributed by atoms with E-state index < -0.39 is 6.17 Å². The third kappa shape index (κ3) is 2.60. The largest absolute Gasteiger partial charge is 0.324 e. The molecule has 2 N–H and O–H groups in total. The van der Waals surface area contributed by atoms with Crippen LogP contribution in [0, 0.1) is 0 Å². The highest BCUT2D eigenvalue weighted by atomic mass is 35.5. The fourth-order valence-corrected chi connectivity index (χ4v) is 2.39. The lowest BCUT2D eigenvalue weighted by Crippen LogP contribution is -2.52. The molecule has 4 heteroatoms. The number of nitrogens with zero attached hydrogens (tertiary/aromatic N) is 1. The molecule has 0 spiro atoms. The normalized spacial score (nSPS) is 37.8. The van der Waals surface area contributed by atoms with Crippen LogP contribution in [-0.4, -0.2) is 36.2 Å². The lowest BCUT2D eigenvalue weighted by molar-refractivity contribution is 0.108. The number of hydrogen-bond acceptors (Lipinski definition) is 2. The molecule has 1 saturated heterocycles. The lowest BCUT2D eigenvalue weighted by Gasteiger charge is -2.38. The standard InChI is InChI=1S/C11H16ClFN2/c12-8-2-1-3-9(6-8)15-5-4-10(13)11(14)7-15/h1-3,9-11H,4-7,14H2/t9?,10-,11+/m0/s1. The maximum atomic E-state index is 13.2. The Morgan fingerprint density at radius 2 is 2.33 bits per heavy atom. The summed E-state index contributed by atoms with van der Waals surface area (Å²) in [6.07, 6.45) is 6.48. The Hall–Kier alpha value is -0.380. The highest BCUT2D eigenvalue weighted by molar-refractivity contribution is 6.29. The molecule has 15 heavy (non-hydrogen) atoms. The maximum absolute atomic E-state index is 13.2. The number of piperidine rings is 1. The molecule has 2 aliphatic rings. The van der Waals surface area contributed by atoms with Crippen molar-refractivity contribution in [3.63, 3.8) is 0 Å². The van der Waals surface area contributed by atoms with E-state index in [4.69, 9.17) is 17.3 Å². The van der Waals surface area contributed by atoms with Crippen molar-refractivity contribution in [2.24, 2.45) is 5.73 Å². The number of nitrogens with two attached hydrogens (primary N) is 1. The molecule has 1 fully saturated rings. The number of hydrogen-bond donors (Lipinski definition) is 1. The van der Waals surface area contributed by atoms with Gasteiger partial charge in [0, 0.05) is 36.6 Å². The van der Waals surface area contributed by atoms with Gasteiger partial charge in [-0.05, 0) is 12.5 Å². The van der Waals surface area contributed by atoms with Gasteiger partial charge in [-0.2, -0.15) is 0 Å². The van der Waals surface area contributed by atoms with Gasteiger partial charge < -0.3 is 5.73 Å². The van der Waals surface area contributed by atoms with Crippen LogP contribution in [0.25, 0.3) is 0 Å². The van der Waals surface area contributed by atoms with Crippen molar-refractivity contribution in [2.75, 3.05) is 13.1 Å². The van der Waals surface area contributed by atoms with Crippen LogP contribution in [0.3, 0.4) is 0 Å². The Kier molecular flexibility index (Phi) is 3.44. The molecule has 1 heterocycles. The molecule has 0 aromatic rings. The first kappa shape index (κ1) is 11.1. The topological polar surface area (TPSA) is 29.3 Å². The van der Waals surface area contributed by atoms with Crippen molar-refractivity contribution in [1.82, 2.24) is 4.90 Å². The summed E-state index contributed by atoms with van der Waals surface area (Å²) in [6, 6.07) is -0.0575. The molecule has 0 aromatic carbocycles. The molecule has 0 radical (unpaired) electrons. The zero-order valence-corrected chi connectivity index (χ0v) is 9.33. The first-order chi connectivity index (χ1) is 7.16. The first-order valence-corrected chi connectivity index (χ1v) is 5.71. The Bertz CT molecular complexity index is 290. The van der Waals surface area contributed by atoms with Crippen molar-refractivity contribution >= 4 is 11.6 Å². The van der Waals surface area contributed by atoms with E-state index in [-0.39, 0.29) is 6.04 Å². The van der Waals surface area contributed by atoms with Crippen molar-refractivity contribution < 1.29 is 4.39 Å². The molecule has 0 aromatic heterocycles. The second-order valence-electron chi connectivity index (χ2n) is 4.23. The van der Waals surface area contributed by atoms with Gasteiger partial charge in [-0.15, -0.1) is 0 Å². The second-order valence-corrected chi connectivity index (χ2v) is 4.72. The third-order valence-electron chi connectivity index (χ3n) is 3.09. The summed E-state index contributed by atoms with van der Waals surface area (Å²) in [5.41, 5.74) is 5.72. The molecule has 2 rings (SSSR count). The van der Waals surface area contributed by atoms with Crippen molar-refractivity contribution in [3.05, 3.63) is 23.3 Å². The van der Waals surface area contributed by atoms with Gasteiger partial charge in [-0.3, -0.25) is 4.90 Å². The van der Waals surface area contributed by atoms with E-state index >= 15 is 0 Å². The number of halogens is 2. The van der Waals surface area contributed by atoms with Gasteiger partial charge in [0.2, 0.25) is 0 Å². The minimum absolute atomic E-state index is 0.293. The van der Waals surface area contributed by atoms with Crippen LogP contribution in [0.2, 0.25) is 0 Å². The van der Waals surface area contributed by atoms with Gasteiger partial charge in [0.05, 0.1) is 0 Å². The minimum atomic E-state index is -0.847. The number of allylic oxidation sites excluding steroid dienone is 2. The molecule has 1 aliphatic heterocycles. The van der Waals surface area contributed by atoms with Crippen molar-refractivity contribution in [1.29, 1.82) is 0 Å². The summed E-state index contributed by atoms with van der Waals surface area (Å²) < 4.78 is 13.2. The summed E-state index contributed by atoms with van der Waals surface area (Å²) in [4.78, 5) is 2.21. The van der Waals surface area contributed by atoms with Crippen molar-refractivity contribution in [2.45, 2.75) is 31.1 Å². The quantitative estimate of drug-likeness (QED) is 0.745. The van der Waals surface area contributed by atoms with Crippen LogP contribution < -0.4 is 5.73 Å². The highest BCUT2D eigenvalue weighted by Gasteiger charge is 2.29. The van der Waals surface area contributed by atoms with Gasteiger partial charge in [-0.1, -0.05) is 23.8 Å². The van der Waals surface area contributed by atoms with E-state index in [0.29, 0.717) is 19.0 Å². The fourth-order valence-electron chi connectivity index (χ4n) is 2.16. The van der Waals surface area contributed by atoms with Crippen LogP contribution in [-0.2, 0) is 0 Å². The molecular weight excluding hydrogens is 215 g/mol. The monoisotopic (exact) mass is 230 g/mol. The molecule has 1 aliphatic carbocycles. The highest BCUT2D eigenvalue weighted by Crippen LogP contribution is 2.23. The Morgan fingerprint density at radius 1 is 1.53 bits per heavy atom. The minimum Gasteiger partial charge on any atom is -0.324 e. The van der Waals surface area contributed by atoms with E-state index in [0.717, 1.165) is 18.0 Å². The molecular formula is C11H16ClFN2. The van der Waals surface area contributed by atoms with E-state index in [1.807, 2.05) is 12.2 Å². The number of likely N-dealkylation sites (tertiary alicyclic amines) is 1. The van der Waals surface area contributed by atoms with Crippen molar-refractivity contribution in [3.8, 4) is 0 Å². The zero-order valence-electron chi connectivity index (χ0n) is 8.57. The van der Waals surface area contributed by atoms with Crippen LogP contribution in [0.15, 0.2) is 23.3 Å². The van der Waals surface area contributed by atoms with Crippen LogP contribution in [0.4, 0.5) is 4.39 Å². The summed E-state index contributed by atoms with van der Waals surface area (Å²) >= 11 is 5.97. The van der Waals surface area contributed by atoms with Gasteiger partial charge >= 0.3 is 0 Å². The molecule has 0 bridgehead atoms. The fraction of sp³-hybridized carbons (Fsp3) is 0.636. The molecule has 3 atom stereocenters. The average Bonchev–Trinajstić information content (AvgIpc) is 2.22. The molecule has 84 valence electrons. The van der Waals surface area contributed by atoms with Crippen LogP contribution >= 0.6 is 11.6 Å². The van der Waals surface area contributed by atoms with E-state index in [2.05, 4.69) is 11.0 Å². The predicted octanol–water partition coefficient (Wildman–Crippen LogP) is 1.81. The number of alkyl halides is 1. The van der Waals surface area contributed by atoms with Crippen LogP contribution in [0.5, 0.6) is 0 Å². The molecule has 0 saturated carbocycles. The van der Waals surface area contributed by atoms with E-state index in [9.17, 15) is 4.39 Å². The zero-order chi connectivity index (χ0) is 10.8. The summed E-state index contributed by atoms with van der Waals surface area (Å²) in [6.45, 7) is 1.40. The van der Waals surface area contributed by atoms with Gasteiger partial charge in [0.25, 0.3) is 0 Å². The summed E-state index contributed by atoms with van der Waals surface area (Å²) in [5.74, 6) is 0. The Balaban J connectivity index is 1.95. The van der Waals surface area contributed by atoms with Gasteiger partial charge in [0.1, 0.15) is 6.17 Å². The SMILES string of the molecule is N[C@@H]1CN(C2C=CC=C(Cl)C2)CC[C@@H]1F. The first-order valence-electron chi connectivity index (χ1n) is 5.33. The average molecular weight is 231 g/mol. The smallest absolute Gasteiger partial charge is 0.118 e. The second kappa shape index (κ2) is 4.64. The summed E-state index contributed by atoms with van der Waals surface area (Å²) in [5, 5.41) is 0.860. The van der Waals surface area contributed by atoms with E-state index in [1.54, 1.807) is 0 Å². The molecule has 2 nitrogen and oxygen atoms in total. The Morgan fingerprint density at radius 3 is 3.00 bits per heavy atom. The van der Waals surface area contributed by atoms with Crippen LogP contribution in [0.1, 0.15) is 12.8 Å². The number of rotatable bonds is 1. The Labute approximate surface area is 94.6 Å².